The lowest BCUT2D eigenvalue weighted by molar-refractivity contribution is -0.274. The van der Waals surface area contributed by atoms with E-state index in [1.165, 1.54) is 37.5 Å². The van der Waals surface area contributed by atoms with E-state index in [9.17, 15) is 32.7 Å². The van der Waals surface area contributed by atoms with Crippen LogP contribution in [-0.4, -0.2) is 39.2 Å². The molecule has 0 aliphatic heterocycles. The number of alkyl halides is 3. The van der Waals surface area contributed by atoms with E-state index >= 15 is 0 Å². The fourth-order valence-electron chi connectivity index (χ4n) is 4.09. The van der Waals surface area contributed by atoms with E-state index in [-0.39, 0.29) is 38.7 Å². The van der Waals surface area contributed by atoms with Crippen LogP contribution in [0.25, 0.3) is 22.3 Å². The zero-order valence-electron chi connectivity index (χ0n) is 21.1. The average molecular weight is 606 g/mol. The molecule has 0 bridgehead atoms. The van der Waals surface area contributed by atoms with Crippen molar-refractivity contribution in [2.45, 2.75) is 18.8 Å². The van der Waals surface area contributed by atoms with Crippen LogP contribution in [0.2, 0.25) is 10.0 Å². The summed E-state index contributed by atoms with van der Waals surface area (Å²) in [5.41, 5.74) is 1.05. The molecule has 1 amide bonds. The molecule has 212 valence electrons. The van der Waals surface area contributed by atoms with Gasteiger partial charge < -0.3 is 15.2 Å². The number of halogens is 5. The molecule has 8 nitrogen and oxygen atoms in total. The highest BCUT2D eigenvalue weighted by atomic mass is 35.5. The maximum Gasteiger partial charge on any atom is 0.573 e. The van der Waals surface area contributed by atoms with Crippen molar-refractivity contribution >= 4 is 35.1 Å². The number of rotatable bonds is 8. The summed E-state index contributed by atoms with van der Waals surface area (Å²) in [6.45, 7) is 0. The summed E-state index contributed by atoms with van der Waals surface area (Å²) in [7, 11) is 1.43. The Morgan fingerprint density at radius 2 is 1.66 bits per heavy atom. The molecule has 0 spiro atoms. The molecule has 1 heterocycles. The van der Waals surface area contributed by atoms with Crippen molar-refractivity contribution in [3.05, 3.63) is 104 Å². The number of carboxylic acids is 1. The molecule has 41 heavy (non-hydrogen) atoms. The second-order valence-corrected chi connectivity index (χ2v) is 9.61. The van der Waals surface area contributed by atoms with Crippen molar-refractivity contribution in [2.24, 2.45) is 7.05 Å². The summed E-state index contributed by atoms with van der Waals surface area (Å²) in [6, 6.07) is 14.6. The first-order valence-corrected chi connectivity index (χ1v) is 12.6. The molecule has 13 heteroatoms. The summed E-state index contributed by atoms with van der Waals surface area (Å²) in [6.07, 6.45) is -3.65. The zero-order chi connectivity index (χ0) is 29.9. The minimum atomic E-state index is -4.89. The summed E-state index contributed by atoms with van der Waals surface area (Å²) in [5.74, 6) is -2.51. The third-order valence-corrected chi connectivity index (χ3v) is 6.62. The van der Waals surface area contributed by atoms with Crippen molar-refractivity contribution in [1.29, 1.82) is 0 Å². The molecule has 0 saturated heterocycles. The lowest BCUT2D eigenvalue weighted by Gasteiger charge is -2.16. The van der Waals surface area contributed by atoms with Gasteiger partial charge in [0.05, 0.1) is 27.4 Å². The quantitative estimate of drug-likeness (QED) is 0.265. The Bertz CT molecular complexity index is 1650. The van der Waals surface area contributed by atoms with Gasteiger partial charge in [0, 0.05) is 19.0 Å². The molecule has 0 aliphatic rings. The molecule has 4 aromatic rings. The van der Waals surface area contributed by atoms with E-state index in [4.69, 9.17) is 23.2 Å². The lowest BCUT2D eigenvalue weighted by Crippen LogP contribution is -2.42. The first kappa shape index (κ1) is 29.6. The van der Waals surface area contributed by atoms with E-state index in [0.29, 0.717) is 11.1 Å². The molecule has 0 radical (unpaired) electrons. The largest absolute Gasteiger partial charge is 0.573 e. The molecule has 2 N–H and O–H groups in total. The highest BCUT2D eigenvalue weighted by Crippen LogP contribution is 2.33. The number of hydrogen-bond donors (Lipinski definition) is 2. The molecule has 1 aromatic heterocycles. The first-order valence-electron chi connectivity index (χ1n) is 11.8. The van der Waals surface area contributed by atoms with E-state index in [1.54, 1.807) is 30.3 Å². The second kappa shape index (κ2) is 12.0. The van der Waals surface area contributed by atoms with Crippen molar-refractivity contribution < 1.29 is 32.6 Å². The van der Waals surface area contributed by atoms with Gasteiger partial charge in [0.25, 0.3) is 11.5 Å². The molecule has 0 saturated carbocycles. The monoisotopic (exact) mass is 605 g/mol. The minimum absolute atomic E-state index is 0.0526. The first-order chi connectivity index (χ1) is 19.3. The predicted molar refractivity (Wildman–Crippen MR) is 146 cm³/mol. The number of aliphatic carboxylic acids is 1. The summed E-state index contributed by atoms with van der Waals surface area (Å²) >= 11 is 12.1. The van der Waals surface area contributed by atoms with Crippen LogP contribution in [-0.2, 0) is 18.3 Å². The van der Waals surface area contributed by atoms with Crippen molar-refractivity contribution in [2.75, 3.05) is 0 Å². The SMILES string of the molecule is Cn1ncc(-c2cccc(OC(F)(F)F)c2)c(-c2ccc(C[C@H](NC(=O)c3c(Cl)cccc3Cl)C(=O)O)cc2)c1=O. The van der Waals surface area contributed by atoms with Gasteiger partial charge in [-0.2, -0.15) is 5.10 Å². The number of hydrogen-bond acceptors (Lipinski definition) is 5. The van der Waals surface area contributed by atoms with Gasteiger partial charge in [0.1, 0.15) is 11.8 Å². The van der Waals surface area contributed by atoms with Crippen molar-refractivity contribution in [1.82, 2.24) is 15.1 Å². The zero-order valence-corrected chi connectivity index (χ0v) is 22.6. The number of amides is 1. The van der Waals surface area contributed by atoms with Crippen LogP contribution in [0.5, 0.6) is 5.75 Å². The Labute approximate surface area is 240 Å². The maximum atomic E-state index is 13.1. The lowest BCUT2D eigenvalue weighted by atomic mass is 9.95. The summed E-state index contributed by atoms with van der Waals surface area (Å²) in [5, 5.41) is 16.3. The Balaban J connectivity index is 1.63. The number of ether oxygens (including phenoxy) is 1. The van der Waals surface area contributed by atoms with E-state index < -0.39 is 35.6 Å². The van der Waals surface area contributed by atoms with Gasteiger partial charge in [-0.1, -0.05) is 65.7 Å². The Kier molecular flexibility index (Phi) is 8.69. The van der Waals surface area contributed by atoms with Crippen LogP contribution in [0.1, 0.15) is 15.9 Å². The molecule has 1 atom stereocenters. The third kappa shape index (κ3) is 7.05. The number of nitrogens with one attached hydrogen (secondary N) is 1. The highest BCUT2D eigenvalue weighted by Gasteiger charge is 2.31. The number of carbonyl (C=O) groups is 2. The number of carbonyl (C=O) groups excluding carboxylic acids is 1. The number of aromatic nitrogens is 2. The number of benzene rings is 3. The Morgan fingerprint density at radius 1 is 1.02 bits per heavy atom. The van der Waals surface area contributed by atoms with Gasteiger partial charge in [-0.25, -0.2) is 9.48 Å². The minimum Gasteiger partial charge on any atom is -0.480 e. The van der Waals surface area contributed by atoms with Gasteiger partial charge >= 0.3 is 12.3 Å². The standard InChI is InChI=1S/C28H20Cl2F3N3O5/c1-36-26(38)23(19(14-34-36)17-4-2-5-18(13-17)41-28(31,32)33)16-10-8-15(9-11-16)12-22(27(39)40)35-25(37)24-20(29)6-3-7-21(24)30/h2-11,13-14,22H,12H2,1H3,(H,35,37)(H,39,40)/t22-/m0/s1. The normalized spacial score (nSPS) is 12.0. The Morgan fingerprint density at radius 3 is 2.27 bits per heavy atom. The van der Waals surface area contributed by atoms with Crippen LogP contribution in [0.15, 0.2) is 77.7 Å². The van der Waals surface area contributed by atoms with Gasteiger partial charge in [0.2, 0.25) is 0 Å². The van der Waals surface area contributed by atoms with Crippen LogP contribution < -0.4 is 15.6 Å². The van der Waals surface area contributed by atoms with Crippen molar-refractivity contribution in [3.8, 4) is 28.0 Å². The number of carboxylic acid groups (broad SMARTS) is 1. The van der Waals surface area contributed by atoms with Crippen molar-refractivity contribution in [3.63, 3.8) is 0 Å². The maximum absolute atomic E-state index is 13.1. The van der Waals surface area contributed by atoms with Gasteiger partial charge in [-0.05, 0) is 41.0 Å². The average Bonchev–Trinajstić information content (AvgIpc) is 2.89. The summed E-state index contributed by atoms with van der Waals surface area (Å²) in [4.78, 5) is 37.7. The molecule has 0 fully saturated rings. The molecular weight excluding hydrogens is 586 g/mol. The fourth-order valence-corrected chi connectivity index (χ4v) is 4.65. The van der Waals surface area contributed by atoms with E-state index in [1.807, 2.05) is 0 Å². The Hall–Kier alpha value is -4.35. The van der Waals surface area contributed by atoms with Crippen LogP contribution >= 0.6 is 23.2 Å². The summed E-state index contributed by atoms with van der Waals surface area (Å²) < 4.78 is 43.3. The van der Waals surface area contributed by atoms with Crippen LogP contribution in [0.3, 0.4) is 0 Å². The fraction of sp³-hybridized carbons (Fsp3) is 0.143. The van der Waals surface area contributed by atoms with Gasteiger partial charge in [-0.15, -0.1) is 13.2 Å². The molecular formula is C28H20Cl2F3N3O5. The third-order valence-electron chi connectivity index (χ3n) is 5.99. The van der Waals surface area contributed by atoms with Gasteiger partial charge in [0.15, 0.2) is 0 Å². The van der Waals surface area contributed by atoms with E-state index in [0.717, 1.165) is 16.8 Å². The smallest absolute Gasteiger partial charge is 0.480 e. The molecule has 3 aromatic carbocycles. The predicted octanol–water partition coefficient (Wildman–Crippen LogP) is 5.75. The molecule has 0 unspecified atom stereocenters. The topological polar surface area (TPSA) is 111 Å². The van der Waals surface area contributed by atoms with Crippen LogP contribution in [0, 0.1) is 0 Å². The molecule has 4 rings (SSSR count). The number of aryl methyl sites for hydroxylation is 1. The number of nitrogens with zero attached hydrogens (tertiary/aromatic N) is 2. The van der Waals surface area contributed by atoms with E-state index in [2.05, 4.69) is 15.2 Å². The van der Waals surface area contributed by atoms with Crippen LogP contribution in [0.4, 0.5) is 13.2 Å². The highest BCUT2D eigenvalue weighted by molar-refractivity contribution is 6.39. The van der Waals surface area contributed by atoms with Gasteiger partial charge in [-0.3, -0.25) is 9.59 Å². The molecule has 0 aliphatic carbocycles. The second-order valence-electron chi connectivity index (χ2n) is 8.80.